The summed E-state index contributed by atoms with van der Waals surface area (Å²) >= 11 is 1.76. The van der Waals surface area contributed by atoms with Crippen LogP contribution in [0.3, 0.4) is 0 Å². The van der Waals surface area contributed by atoms with Crippen molar-refractivity contribution in [3.8, 4) is 5.75 Å². The number of carbonyl (C=O) groups is 1. The number of rotatable bonds is 12. The zero-order valence-electron chi connectivity index (χ0n) is 21.3. The molecule has 0 aliphatic carbocycles. The Bertz CT molecular complexity index is 929. The molecule has 34 heavy (non-hydrogen) atoms. The van der Waals surface area contributed by atoms with Crippen LogP contribution in [0.1, 0.15) is 47.9 Å². The lowest BCUT2D eigenvalue weighted by atomic mass is 10.00. The van der Waals surface area contributed by atoms with Gasteiger partial charge in [-0.05, 0) is 67.8 Å². The highest BCUT2D eigenvalue weighted by atomic mass is 32.1. The number of hydrogen-bond acceptors (Lipinski definition) is 6. The van der Waals surface area contributed by atoms with Crippen molar-refractivity contribution in [3.63, 3.8) is 0 Å². The number of ether oxygens (including phenoxy) is 2. The van der Waals surface area contributed by atoms with Crippen LogP contribution < -0.4 is 4.74 Å². The summed E-state index contributed by atoms with van der Waals surface area (Å²) in [5.41, 5.74) is 3.50. The average Bonchev–Trinajstić information content (AvgIpc) is 3.26. The number of carbonyl (C=O) groups excluding carboxylic acids is 1. The zero-order valence-corrected chi connectivity index (χ0v) is 22.1. The Morgan fingerprint density at radius 3 is 2.79 bits per heavy atom. The predicted octanol–water partition coefficient (Wildman–Crippen LogP) is 4.23. The molecule has 0 radical (unpaired) electrons. The van der Waals surface area contributed by atoms with Crippen LogP contribution >= 0.6 is 11.3 Å². The Balaban J connectivity index is 1.73. The van der Waals surface area contributed by atoms with Crippen molar-refractivity contribution in [2.24, 2.45) is 5.92 Å². The third kappa shape index (κ3) is 7.28. The average molecular weight is 489 g/mol. The molecule has 3 rings (SSSR count). The summed E-state index contributed by atoms with van der Waals surface area (Å²) in [6.07, 6.45) is 1.23. The fourth-order valence-electron chi connectivity index (χ4n) is 4.51. The van der Waals surface area contributed by atoms with Gasteiger partial charge in [-0.25, -0.2) is 0 Å². The molecular formula is C27H40N2O4S. The van der Waals surface area contributed by atoms with E-state index in [2.05, 4.69) is 56.2 Å². The van der Waals surface area contributed by atoms with Crippen molar-refractivity contribution in [2.75, 3.05) is 46.5 Å². The van der Waals surface area contributed by atoms with E-state index in [9.17, 15) is 9.90 Å². The molecule has 6 nitrogen and oxygen atoms in total. The largest absolute Gasteiger partial charge is 0.491 e. The second-order valence-corrected chi connectivity index (χ2v) is 10.8. The van der Waals surface area contributed by atoms with Crippen LogP contribution in [0, 0.1) is 19.8 Å². The fourth-order valence-corrected chi connectivity index (χ4v) is 5.43. The smallest absolute Gasteiger partial charge is 0.237 e. The molecule has 0 unspecified atom stereocenters. The van der Waals surface area contributed by atoms with Gasteiger partial charge in [-0.15, -0.1) is 11.3 Å². The summed E-state index contributed by atoms with van der Waals surface area (Å²) in [6, 6.07) is 8.21. The van der Waals surface area contributed by atoms with Crippen molar-refractivity contribution in [3.05, 3.63) is 51.2 Å². The Hall–Kier alpha value is -1.93. The Labute approximate surface area is 208 Å². The number of aryl methyl sites for hydroxylation is 2. The summed E-state index contributed by atoms with van der Waals surface area (Å²) in [5.74, 6) is 1.47. The van der Waals surface area contributed by atoms with Crippen molar-refractivity contribution in [1.29, 1.82) is 0 Å². The molecule has 0 bridgehead atoms. The first-order valence-corrected chi connectivity index (χ1v) is 13.1. The van der Waals surface area contributed by atoms with Gasteiger partial charge in [0.2, 0.25) is 5.91 Å². The van der Waals surface area contributed by atoms with Crippen LogP contribution in [0.5, 0.6) is 5.75 Å². The number of nitrogens with zero attached hydrogens (tertiary/aromatic N) is 2. The van der Waals surface area contributed by atoms with Crippen molar-refractivity contribution >= 4 is 17.2 Å². The first-order chi connectivity index (χ1) is 16.3. The van der Waals surface area contributed by atoms with Gasteiger partial charge in [-0.2, -0.15) is 0 Å². The normalized spacial score (nSPS) is 16.7. The van der Waals surface area contributed by atoms with Gasteiger partial charge < -0.3 is 19.5 Å². The van der Waals surface area contributed by atoms with Gasteiger partial charge in [0.1, 0.15) is 12.4 Å². The number of thiophene rings is 1. The van der Waals surface area contributed by atoms with Crippen LogP contribution in [-0.2, 0) is 16.0 Å². The molecule has 2 atom stereocenters. The van der Waals surface area contributed by atoms with Gasteiger partial charge in [0, 0.05) is 25.1 Å². The lowest BCUT2D eigenvalue weighted by Gasteiger charge is -2.37. The number of benzene rings is 1. The number of aliphatic hydroxyl groups is 1. The van der Waals surface area contributed by atoms with E-state index in [-0.39, 0.29) is 25.1 Å². The van der Waals surface area contributed by atoms with Crippen LogP contribution in [-0.4, -0.2) is 73.4 Å². The standard InChI is InChI=1S/C27H40N2O4S/c1-19(2)8-11-28(15-22(30)17-32-5)16-27(31)29-12-9-26-23(10-13-34-26)24(29)18-33-25-7-6-20(3)14-21(25)4/h6-7,10,13-14,19,22,24,30H,8-9,11-12,15-18H2,1-5H3/t22-,24+/m1/s1. The van der Waals surface area contributed by atoms with E-state index in [1.165, 1.54) is 16.0 Å². The summed E-state index contributed by atoms with van der Waals surface area (Å²) in [4.78, 5) is 19.0. The van der Waals surface area contributed by atoms with E-state index in [4.69, 9.17) is 9.47 Å². The maximum atomic E-state index is 13.6. The monoisotopic (exact) mass is 488 g/mol. The zero-order chi connectivity index (χ0) is 24.7. The topological polar surface area (TPSA) is 62.2 Å². The lowest BCUT2D eigenvalue weighted by molar-refractivity contribution is -0.136. The number of fused-ring (bicyclic) bond motifs is 1. The molecule has 1 N–H and O–H groups in total. The summed E-state index contributed by atoms with van der Waals surface area (Å²) in [5, 5.41) is 12.4. The maximum absolute atomic E-state index is 13.6. The molecule has 0 fully saturated rings. The molecule has 0 saturated carbocycles. The molecule has 0 spiro atoms. The molecule has 0 saturated heterocycles. The van der Waals surface area contributed by atoms with Gasteiger partial charge in [0.25, 0.3) is 0 Å². The number of methoxy groups -OCH3 is 1. The van der Waals surface area contributed by atoms with Gasteiger partial charge in [0.15, 0.2) is 0 Å². The second-order valence-electron chi connectivity index (χ2n) is 9.76. The molecule has 1 aliphatic heterocycles. The summed E-state index contributed by atoms with van der Waals surface area (Å²) in [7, 11) is 1.58. The maximum Gasteiger partial charge on any atom is 0.237 e. The Morgan fingerprint density at radius 2 is 2.09 bits per heavy atom. The quantitative estimate of drug-likeness (QED) is 0.485. The third-order valence-electron chi connectivity index (χ3n) is 6.35. The molecule has 1 amide bonds. The molecule has 188 valence electrons. The molecule has 1 aromatic heterocycles. The molecule has 1 aromatic carbocycles. The van der Waals surface area contributed by atoms with Gasteiger partial charge in [-0.3, -0.25) is 9.69 Å². The Morgan fingerprint density at radius 1 is 1.29 bits per heavy atom. The highest BCUT2D eigenvalue weighted by molar-refractivity contribution is 7.10. The minimum atomic E-state index is -0.613. The molecular weight excluding hydrogens is 448 g/mol. The van der Waals surface area contributed by atoms with E-state index >= 15 is 0 Å². The SMILES string of the molecule is COC[C@H](O)CN(CCC(C)C)CC(=O)N1CCc2sccc2[C@@H]1COc1ccc(C)cc1C. The first-order valence-electron chi connectivity index (χ1n) is 12.2. The summed E-state index contributed by atoms with van der Waals surface area (Å²) in [6.45, 7) is 11.3. The minimum absolute atomic E-state index is 0.0828. The summed E-state index contributed by atoms with van der Waals surface area (Å²) < 4.78 is 11.4. The highest BCUT2D eigenvalue weighted by Crippen LogP contribution is 2.34. The number of aliphatic hydroxyl groups excluding tert-OH is 1. The van der Waals surface area contributed by atoms with Crippen molar-refractivity contribution < 1.29 is 19.4 Å². The molecule has 2 aromatic rings. The predicted molar refractivity (Wildman–Crippen MR) is 138 cm³/mol. The van der Waals surface area contributed by atoms with E-state index < -0.39 is 6.10 Å². The van der Waals surface area contributed by atoms with E-state index in [1.54, 1.807) is 18.4 Å². The molecule has 2 heterocycles. The second kappa shape index (κ2) is 12.7. The highest BCUT2D eigenvalue weighted by Gasteiger charge is 2.33. The lowest BCUT2D eigenvalue weighted by Crippen LogP contribution is -2.48. The first kappa shape index (κ1) is 26.7. The van der Waals surface area contributed by atoms with E-state index in [0.717, 1.165) is 30.7 Å². The fraction of sp³-hybridized carbons (Fsp3) is 0.593. The Kier molecular flexibility index (Phi) is 9.95. The van der Waals surface area contributed by atoms with Crippen LogP contribution in [0.2, 0.25) is 0 Å². The number of amides is 1. The van der Waals surface area contributed by atoms with E-state index in [1.807, 2.05) is 11.0 Å². The van der Waals surface area contributed by atoms with Gasteiger partial charge in [-0.1, -0.05) is 31.5 Å². The molecule has 1 aliphatic rings. The van der Waals surface area contributed by atoms with Gasteiger partial charge in [0.05, 0.1) is 25.3 Å². The minimum Gasteiger partial charge on any atom is -0.491 e. The third-order valence-corrected chi connectivity index (χ3v) is 7.35. The van der Waals surface area contributed by atoms with Gasteiger partial charge >= 0.3 is 0 Å². The van der Waals surface area contributed by atoms with Crippen molar-refractivity contribution in [2.45, 2.75) is 52.7 Å². The van der Waals surface area contributed by atoms with Crippen LogP contribution in [0.15, 0.2) is 29.6 Å². The van der Waals surface area contributed by atoms with Crippen LogP contribution in [0.4, 0.5) is 0 Å². The van der Waals surface area contributed by atoms with Crippen molar-refractivity contribution in [1.82, 2.24) is 9.80 Å². The molecule has 7 heteroatoms. The number of hydrogen-bond donors (Lipinski definition) is 1. The van der Waals surface area contributed by atoms with E-state index in [0.29, 0.717) is 25.6 Å². The van der Waals surface area contributed by atoms with Crippen LogP contribution in [0.25, 0.3) is 0 Å².